The molecule has 0 aromatic heterocycles. The monoisotopic (exact) mass is 294 g/mol. The number of carbonyl (C=O) groups excluding carboxylic acids is 1. The van der Waals surface area contributed by atoms with Crippen LogP contribution in [0.5, 0.6) is 5.75 Å². The van der Waals surface area contributed by atoms with Gasteiger partial charge in [0.05, 0.1) is 19.7 Å². The average molecular weight is 294 g/mol. The molecule has 1 rings (SSSR count). The van der Waals surface area contributed by atoms with E-state index in [-0.39, 0.29) is 12.5 Å². The normalized spacial score (nSPS) is 12.0. The van der Waals surface area contributed by atoms with E-state index in [2.05, 4.69) is 5.32 Å². The highest BCUT2D eigenvalue weighted by Gasteiger charge is 2.22. The number of benzene rings is 1. The SMILES string of the molecule is CCCN(CC(=O)O)C(C)C(=O)Nc1ccc(OC)cc1. The standard InChI is InChI=1S/C15H22N2O4/c1-4-9-17(10-14(18)19)11(2)15(20)16-12-5-7-13(21-3)8-6-12/h5-8,11H,4,9-10H2,1-3H3,(H,16,20)(H,18,19). The summed E-state index contributed by atoms with van der Waals surface area (Å²) in [5.41, 5.74) is 0.652. The summed E-state index contributed by atoms with van der Waals surface area (Å²) in [7, 11) is 1.57. The van der Waals surface area contributed by atoms with Gasteiger partial charge in [-0.2, -0.15) is 0 Å². The van der Waals surface area contributed by atoms with E-state index in [1.54, 1.807) is 43.2 Å². The van der Waals surface area contributed by atoms with Gasteiger partial charge in [0.1, 0.15) is 5.75 Å². The number of anilines is 1. The van der Waals surface area contributed by atoms with Gasteiger partial charge in [0.2, 0.25) is 5.91 Å². The first-order valence-corrected chi connectivity index (χ1v) is 6.88. The van der Waals surface area contributed by atoms with Gasteiger partial charge >= 0.3 is 5.97 Å². The van der Waals surface area contributed by atoms with Crippen molar-refractivity contribution in [3.8, 4) is 5.75 Å². The molecule has 21 heavy (non-hydrogen) atoms. The van der Waals surface area contributed by atoms with Crippen molar-refractivity contribution < 1.29 is 19.4 Å². The lowest BCUT2D eigenvalue weighted by Crippen LogP contribution is -2.44. The second kappa shape index (κ2) is 8.26. The predicted molar refractivity (Wildman–Crippen MR) is 80.6 cm³/mol. The molecule has 116 valence electrons. The first kappa shape index (κ1) is 17.0. The minimum atomic E-state index is -0.937. The number of hydrogen-bond acceptors (Lipinski definition) is 4. The highest BCUT2D eigenvalue weighted by molar-refractivity contribution is 5.94. The molecule has 0 heterocycles. The van der Waals surface area contributed by atoms with Gasteiger partial charge in [0.25, 0.3) is 0 Å². The quantitative estimate of drug-likeness (QED) is 0.764. The molecule has 2 N–H and O–H groups in total. The van der Waals surface area contributed by atoms with Crippen molar-refractivity contribution in [3.63, 3.8) is 0 Å². The van der Waals surface area contributed by atoms with Crippen molar-refractivity contribution in [1.82, 2.24) is 4.90 Å². The number of ether oxygens (including phenoxy) is 1. The van der Waals surface area contributed by atoms with Gasteiger partial charge in [0, 0.05) is 5.69 Å². The van der Waals surface area contributed by atoms with Crippen molar-refractivity contribution in [2.24, 2.45) is 0 Å². The van der Waals surface area contributed by atoms with E-state index >= 15 is 0 Å². The highest BCUT2D eigenvalue weighted by Crippen LogP contribution is 2.15. The zero-order chi connectivity index (χ0) is 15.8. The van der Waals surface area contributed by atoms with Crippen molar-refractivity contribution in [2.75, 3.05) is 25.5 Å². The van der Waals surface area contributed by atoms with Gasteiger partial charge in [-0.25, -0.2) is 0 Å². The van der Waals surface area contributed by atoms with Crippen LogP contribution in [-0.2, 0) is 9.59 Å². The third-order valence-corrected chi connectivity index (χ3v) is 3.13. The molecule has 0 radical (unpaired) electrons. The molecule has 1 atom stereocenters. The topological polar surface area (TPSA) is 78.9 Å². The number of aliphatic carboxylic acids is 1. The zero-order valence-corrected chi connectivity index (χ0v) is 12.6. The fraction of sp³-hybridized carbons (Fsp3) is 0.467. The number of methoxy groups -OCH3 is 1. The molecular weight excluding hydrogens is 272 g/mol. The average Bonchev–Trinajstić information content (AvgIpc) is 2.46. The molecule has 0 aliphatic carbocycles. The Kier molecular flexibility index (Phi) is 6.68. The minimum absolute atomic E-state index is 0.148. The Bertz CT molecular complexity index is 473. The summed E-state index contributed by atoms with van der Waals surface area (Å²) in [4.78, 5) is 24.7. The number of rotatable bonds is 8. The molecule has 6 nitrogen and oxygen atoms in total. The van der Waals surface area contributed by atoms with Crippen LogP contribution in [0.2, 0.25) is 0 Å². The van der Waals surface area contributed by atoms with Gasteiger partial charge < -0.3 is 15.2 Å². The summed E-state index contributed by atoms with van der Waals surface area (Å²) < 4.78 is 5.05. The lowest BCUT2D eigenvalue weighted by Gasteiger charge is -2.26. The number of nitrogens with zero attached hydrogens (tertiary/aromatic N) is 1. The van der Waals surface area contributed by atoms with Gasteiger partial charge in [-0.3, -0.25) is 14.5 Å². The van der Waals surface area contributed by atoms with Gasteiger partial charge in [0.15, 0.2) is 0 Å². The van der Waals surface area contributed by atoms with Crippen molar-refractivity contribution >= 4 is 17.6 Å². The molecule has 1 amide bonds. The van der Waals surface area contributed by atoms with E-state index in [1.165, 1.54) is 0 Å². The Morgan fingerprint density at radius 3 is 2.43 bits per heavy atom. The van der Waals surface area contributed by atoms with Gasteiger partial charge in [-0.1, -0.05) is 6.92 Å². The van der Waals surface area contributed by atoms with Crippen molar-refractivity contribution in [2.45, 2.75) is 26.3 Å². The summed E-state index contributed by atoms with van der Waals surface area (Å²) in [6.45, 7) is 4.06. The largest absolute Gasteiger partial charge is 0.497 e. The minimum Gasteiger partial charge on any atom is -0.497 e. The van der Waals surface area contributed by atoms with Gasteiger partial charge in [-0.05, 0) is 44.2 Å². The summed E-state index contributed by atoms with van der Waals surface area (Å²) >= 11 is 0. The van der Waals surface area contributed by atoms with Gasteiger partial charge in [-0.15, -0.1) is 0 Å². The zero-order valence-electron chi connectivity index (χ0n) is 12.6. The number of nitrogens with one attached hydrogen (secondary N) is 1. The molecule has 0 saturated heterocycles. The van der Waals surface area contributed by atoms with Crippen LogP contribution in [0.15, 0.2) is 24.3 Å². The highest BCUT2D eigenvalue weighted by atomic mass is 16.5. The van der Waals surface area contributed by atoms with Crippen LogP contribution < -0.4 is 10.1 Å². The summed E-state index contributed by atoms with van der Waals surface area (Å²) in [6, 6.07) is 6.47. The summed E-state index contributed by atoms with van der Waals surface area (Å²) in [6.07, 6.45) is 0.785. The third-order valence-electron chi connectivity index (χ3n) is 3.13. The Morgan fingerprint density at radius 1 is 1.33 bits per heavy atom. The lowest BCUT2D eigenvalue weighted by atomic mass is 10.2. The van der Waals surface area contributed by atoms with E-state index in [1.807, 2.05) is 6.92 Å². The molecule has 0 aliphatic heterocycles. The van der Waals surface area contributed by atoms with Crippen LogP contribution >= 0.6 is 0 Å². The second-order valence-corrected chi connectivity index (χ2v) is 4.76. The van der Waals surface area contributed by atoms with E-state index in [9.17, 15) is 9.59 Å². The summed E-state index contributed by atoms with van der Waals surface area (Å²) in [5, 5.41) is 11.7. The Hall–Kier alpha value is -2.08. The molecule has 1 aromatic rings. The molecule has 0 fully saturated rings. The molecule has 6 heteroatoms. The fourth-order valence-corrected chi connectivity index (χ4v) is 1.96. The first-order valence-electron chi connectivity index (χ1n) is 6.88. The maximum atomic E-state index is 12.2. The molecule has 1 unspecified atom stereocenters. The number of hydrogen-bond donors (Lipinski definition) is 2. The Labute approximate surface area is 124 Å². The number of carbonyl (C=O) groups is 2. The van der Waals surface area contributed by atoms with E-state index in [4.69, 9.17) is 9.84 Å². The molecule has 0 aliphatic rings. The number of amides is 1. The van der Waals surface area contributed by atoms with Crippen LogP contribution in [0.4, 0.5) is 5.69 Å². The van der Waals surface area contributed by atoms with E-state index in [0.717, 1.165) is 6.42 Å². The van der Waals surface area contributed by atoms with Crippen LogP contribution in [-0.4, -0.2) is 48.1 Å². The van der Waals surface area contributed by atoms with Crippen LogP contribution in [0.25, 0.3) is 0 Å². The second-order valence-electron chi connectivity index (χ2n) is 4.76. The molecule has 0 spiro atoms. The van der Waals surface area contributed by atoms with Crippen LogP contribution in [0.3, 0.4) is 0 Å². The van der Waals surface area contributed by atoms with E-state index in [0.29, 0.717) is 18.0 Å². The number of carboxylic acid groups (broad SMARTS) is 1. The van der Waals surface area contributed by atoms with E-state index < -0.39 is 12.0 Å². The molecule has 0 saturated carbocycles. The molecule has 0 bridgehead atoms. The van der Waals surface area contributed by atoms with Crippen LogP contribution in [0, 0.1) is 0 Å². The Balaban J connectivity index is 2.68. The maximum Gasteiger partial charge on any atom is 0.317 e. The maximum absolute atomic E-state index is 12.2. The van der Waals surface area contributed by atoms with Crippen molar-refractivity contribution in [3.05, 3.63) is 24.3 Å². The first-order chi connectivity index (χ1) is 9.97. The lowest BCUT2D eigenvalue weighted by molar-refractivity contribution is -0.139. The third kappa shape index (κ3) is 5.43. The predicted octanol–water partition coefficient (Wildman–Crippen LogP) is 1.82. The fourth-order valence-electron chi connectivity index (χ4n) is 1.96. The molecule has 1 aromatic carbocycles. The molecular formula is C15H22N2O4. The Morgan fingerprint density at radius 2 is 1.95 bits per heavy atom. The summed E-state index contributed by atoms with van der Waals surface area (Å²) in [5.74, 6) is -0.457. The smallest absolute Gasteiger partial charge is 0.317 e. The van der Waals surface area contributed by atoms with Crippen molar-refractivity contribution in [1.29, 1.82) is 0 Å². The number of carboxylic acids is 1. The van der Waals surface area contributed by atoms with Crippen LogP contribution in [0.1, 0.15) is 20.3 Å².